The van der Waals surface area contributed by atoms with E-state index >= 15 is 0 Å². The first kappa shape index (κ1) is 26.3. The van der Waals surface area contributed by atoms with Gasteiger partial charge in [0.05, 0.1) is 16.7 Å². The van der Waals surface area contributed by atoms with Gasteiger partial charge >= 0.3 is 29.6 Å². The molecule has 35 heavy (non-hydrogen) atoms. The Balaban J connectivity index is 0.000000280. The maximum atomic E-state index is 9.29. The quantitative estimate of drug-likeness (QED) is 0.407. The third kappa shape index (κ3) is 5.89. The molecule has 4 aromatic rings. The summed E-state index contributed by atoms with van der Waals surface area (Å²) < 4.78 is 0. The largest absolute Gasteiger partial charge is 0.265 e. The molecule has 0 atom stereocenters. The molecule has 0 fully saturated rings. The molecule has 0 aliphatic carbocycles. The molecule has 0 saturated carbocycles. The van der Waals surface area contributed by atoms with Crippen molar-refractivity contribution < 1.29 is 0 Å². The van der Waals surface area contributed by atoms with Crippen LogP contribution in [0.1, 0.15) is 28.1 Å². The Kier molecular flexibility index (Phi) is 9.71. The Bertz CT molecular complexity index is 1510. The Hall–Kier alpha value is -4.95. The Morgan fingerprint density at radius 1 is 0.543 bits per heavy atom. The minimum absolute atomic E-state index is 0. The fourth-order valence-corrected chi connectivity index (χ4v) is 3.03. The van der Waals surface area contributed by atoms with E-state index in [9.17, 15) is 15.8 Å². The van der Waals surface area contributed by atoms with Crippen LogP contribution < -0.4 is 0 Å². The number of nitrogens with zero attached hydrogens (tertiary/aromatic N) is 9. The molecule has 0 radical (unpaired) electrons. The van der Waals surface area contributed by atoms with Gasteiger partial charge in [0.2, 0.25) is 0 Å². The maximum absolute atomic E-state index is 9.29. The monoisotopic (exact) mass is 461 g/mol. The smallest absolute Gasteiger partial charge is 0.0273 e. The molecule has 0 amide bonds. The Labute approximate surface area is 223 Å². The third-order valence-electron chi connectivity index (χ3n) is 4.55. The second-order valence-electron chi connectivity index (χ2n) is 6.38. The van der Waals surface area contributed by atoms with Gasteiger partial charge in [0.25, 0.3) is 0 Å². The van der Waals surface area contributed by atoms with Gasteiger partial charge in [-0.3, -0.25) is 9.97 Å². The van der Waals surface area contributed by atoms with E-state index in [4.69, 9.17) is 10.5 Å². The number of nitriles is 5. The summed E-state index contributed by atoms with van der Waals surface area (Å²) in [7, 11) is 0. The van der Waals surface area contributed by atoms with Gasteiger partial charge in [-0.1, -0.05) is 0 Å². The molecule has 0 spiro atoms. The molecule has 0 unspecified atom stereocenters. The van der Waals surface area contributed by atoms with Crippen molar-refractivity contribution in [3.8, 4) is 52.6 Å². The van der Waals surface area contributed by atoms with Crippen LogP contribution >= 0.6 is 0 Å². The van der Waals surface area contributed by atoms with Gasteiger partial charge in [-0.25, -0.2) is 9.97 Å². The fraction of sp³-hybridized carbons (Fsp3) is 0. The molecule has 10 heteroatoms. The van der Waals surface area contributed by atoms with Gasteiger partial charge < -0.3 is 0 Å². The van der Waals surface area contributed by atoms with E-state index in [1.807, 2.05) is 42.5 Å². The van der Waals surface area contributed by atoms with Crippen LogP contribution in [0.25, 0.3) is 22.3 Å². The summed E-state index contributed by atoms with van der Waals surface area (Å²) in [6, 6.07) is 18.4. The normalized spacial score (nSPS) is 8.77. The minimum Gasteiger partial charge on any atom is -0.265 e. The molecule has 0 aliphatic rings. The average molecular weight is 461 g/mol. The molecule has 4 rings (SSSR count). The van der Waals surface area contributed by atoms with E-state index in [1.165, 1.54) is 23.4 Å². The topological polar surface area (TPSA) is 171 Å². The van der Waals surface area contributed by atoms with Crippen LogP contribution in [0, 0.1) is 56.7 Å². The second-order valence-corrected chi connectivity index (χ2v) is 6.38. The molecule has 0 bridgehead atoms. The van der Waals surface area contributed by atoms with Crippen LogP contribution in [0.5, 0.6) is 0 Å². The molecule has 0 N–H and O–H groups in total. The van der Waals surface area contributed by atoms with Crippen molar-refractivity contribution in [2.45, 2.75) is 0 Å². The van der Waals surface area contributed by atoms with E-state index < -0.39 is 0 Å². The van der Waals surface area contributed by atoms with Gasteiger partial charge in [-0.05, 0) is 41.5 Å². The summed E-state index contributed by atoms with van der Waals surface area (Å²) in [4.78, 5) is 15.4. The Morgan fingerprint density at radius 3 is 1.51 bits per heavy atom. The predicted octanol–water partition coefficient (Wildman–Crippen LogP) is 3.00. The summed E-state index contributed by atoms with van der Waals surface area (Å²) in [5.74, 6) is 0. The van der Waals surface area contributed by atoms with Crippen LogP contribution in [0.3, 0.4) is 0 Å². The first-order chi connectivity index (χ1) is 16.7. The van der Waals surface area contributed by atoms with Crippen LogP contribution in [0.4, 0.5) is 0 Å². The summed E-state index contributed by atoms with van der Waals surface area (Å²) in [5, 5.41) is 45.8. The van der Waals surface area contributed by atoms with Crippen molar-refractivity contribution in [2.24, 2.45) is 0 Å². The SMILES string of the molecule is N#Cc1cnc(C#N)c(C#N)c1-c1ccnc(C#N)c1C#N.[NaH].c1cc(-c2ccncc2)ccn1. The van der Waals surface area contributed by atoms with Crippen LogP contribution in [0.15, 0.2) is 67.5 Å². The van der Waals surface area contributed by atoms with E-state index in [-0.39, 0.29) is 68.8 Å². The molecule has 158 valence electrons. The summed E-state index contributed by atoms with van der Waals surface area (Å²) in [6.07, 6.45) is 9.60. The molecule has 0 saturated heterocycles. The molecule has 4 heterocycles. The van der Waals surface area contributed by atoms with Gasteiger partial charge in [0, 0.05) is 48.3 Å². The molecule has 4 aromatic heterocycles. The minimum atomic E-state index is -0.157. The van der Waals surface area contributed by atoms with Crippen LogP contribution in [-0.2, 0) is 0 Å². The second kappa shape index (κ2) is 12.9. The van der Waals surface area contributed by atoms with Crippen molar-refractivity contribution in [2.75, 3.05) is 0 Å². The summed E-state index contributed by atoms with van der Waals surface area (Å²) in [6.45, 7) is 0. The van der Waals surface area contributed by atoms with Crippen molar-refractivity contribution in [1.82, 2.24) is 19.9 Å². The van der Waals surface area contributed by atoms with Crippen LogP contribution in [0.2, 0.25) is 0 Å². The molecular weight excluding hydrogens is 449 g/mol. The zero-order valence-electron chi connectivity index (χ0n) is 17.4. The van der Waals surface area contributed by atoms with Gasteiger partial charge in [0.1, 0.15) is 30.3 Å². The van der Waals surface area contributed by atoms with Gasteiger partial charge in [0.15, 0.2) is 11.4 Å². The first-order valence-corrected chi connectivity index (χ1v) is 9.51. The van der Waals surface area contributed by atoms with Crippen molar-refractivity contribution in [3.05, 3.63) is 95.6 Å². The fourth-order valence-electron chi connectivity index (χ4n) is 3.03. The standard InChI is InChI=1S/C15H3N7.C10H8N2.Na.H/c16-3-9-8-22-14(7-20)12(5-18)15(9)10-1-2-21-13(6-19)11(10)4-17;1-5-11-6-2-9(1)10-3-7-12-8-4-10;;/h1-2,8H;1-8H;;. The van der Waals surface area contributed by atoms with Gasteiger partial charge in [-0.15, -0.1) is 0 Å². The predicted molar refractivity (Wildman–Crippen MR) is 126 cm³/mol. The summed E-state index contributed by atoms with van der Waals surface area (Å²) >= 11 is 0. The number of hydrogen-bond donors (Lipinski definition) is 0. The number of aromatic nitrogens is 4. The van der Waals surface area contributed by atoms with E-state index in [0.717, 1.165) is 6.20 Å². The van der Waals surface area contributed by atoms with Crippen LogP contribution in [-0.4, -0.2) is 49.5 Å². The Morgan fingerprint density at radius 2 is 1.06 bits per heavy atom. The third-order valence-corrected chi connectivity index (χ3v) is 4.55. The van der Waals surface area contributed by atoms with Crippen molar-refractivity contribution in [1.29, 1.82) is 26.3 Å². The van der Waals surface area contributed by atoms with E-state index in [1.54, 1.807) is 36.9 Å². The van der Waals surface area contributed by atoms with Crippen molar-refractivity contribution >= 4 is 29.6 Å². The average Bonchev–Trinajstić information content (AvgIpc) is 2.92. The molecule has 9 nitrogen and oxygen atoms in total. The van der Waals surface area contributed by atoms with Gasteiger partial charge in [-0.2, -0.15) is 26.3 Å². The maximum Gasteiger partial charge on any atom is 0.0273 e. The zero-order chi connectivity index (χ0) is 24.3. The molecular formula is C25H12N9Na. The number of rotatable bonds is 2. The zero-order valence-corrected chi connectivity index (χ0v) is 17.4. The van der Waals surface area contributed by atoms with E-state index in [0.29, 0.717) is 0 Å². The number of hydrogen-bond acceptors (Lipinski definition) is 9. The molecule has 0 aromatic carbocycles. The molecule has 0 aliphatic heterocycles. The van der Waals surface area contributed by atoms with E-state index in [2.05, 4.69) is 19.9 Å². The number of pyridine rings is 4. The van der Waals surface area contributed by atoms with Crippen molar-refractivity contribution in [3.63, 3.8) is 0 Å². The first-order valence-electron chi connectivity index (χ1n) is 9.51. The summed E-state index contributed by atoms with van der Waals surface area (Å²) in [5.41, 5.74) is 2.22.